The van der Waals surface area contributed by atoms with Crippen molar-refractivity contribution in [1.29, 1.82) is 0 Å². The Morgan fingerprint density at radius 1 is 1.15 bits per heavy atom. The molecule has 4 nitrogen and oxygen atoms in total. The highest BCUT2D eigenvalue weighted by molar-refractivity contribution is 5.34. The van der Waals surface area contributed by atoms with E-state index in [1.807, 2.05) is 18.2 Å². The number of rotatable bonds is 9. The Labute approximate surface area is 163 Å². The molecule has 0 aromatic heterocycles. The van der Waals surface area contributed by atoms with Crippen molar-refractivity contribution in [3.05, 3.63) is 65.7 Å². The van der Waals surface area contributed by atoms with Gasteiger partial charge in [0.1, 0.15) is 5.75 Å². The minimum Gasteiger partial charge on any atom is -0.496 e. The monoisotopic (exact) mass is 368 g/mol. The Morgan fingerprint density at radius 2 is 1.89 bits per heavy atom. The number of hydrogen-bond acceptors (Lipinski definition) is 4. The molecule has 0 spiro atoms. The van der Waals surface area contributed by atoms with Gasteiger partial charge in [-0.1, -0.05) is 48.5 Å². The number of aliphatic hydroxyl groups is 1. The molecule has 0 aliphatic carbocycles. The summed E-state index contributed by atoms with van der Waals surface area (Å²) in [5.41, 5.74) is 2.54. The van der Waals surface area contributed by atoms with Gasteiger partial charge in [-0.15, -0.1) is 0 Å². The molecule has 0 saturated carbocycles. The average Bonchev–Trinajstić information content (AvgIpc) is 3.09. The van der Waals surface area contributed by atoms with Crippen LogP contribution in [0.25, 0.3) is 0 Å². The summed E-state index contributed by atoms with van der Waals surface area (Å²) >= 11 is 0. The Morgan fingerprint density at radius 3 is 2.67 bits per heavy atom. The van der Waals surface area contributed by atoms with E-state index in [1.165, 1.54) is 24.0 Å². The number of likely N-dealkylation sites (N-methyl/N-ethyl adjacent to an activating group) is 1. The van der Waals surface area contributed by atoms with E-state index < -0.39 is 0 Å². The first-order valence-electron chi connectivity index (χ1n) is 9.92. The maximum atomic E-state index is 10.6. The van der Waals surface area contributed by atoms with Gasteiger partial charge in [-0.05, 0) is 50.0 Å². The van der Waals surface area contributed by atoms with Crippen LogP contribution in [0, 0.1) is 0 Å². The number of aliphatic hydroxyl groups excluding tert-OH is 1. The summed E-state index contributed by atoms with van der Waals surface area (Å²) in [5.74, 6) is 0.965. The topological polar surface area (TPSA) is 35.9 Å². The lowest BCUT2D eigenvalue weighted by molar-refractivity contribution is 0.0750. The van der Waals surface area contributed by atoms with Gasteiger partial charge in [0.05, 0.1) is 13.2 Å². The number of para-hydroxylation sites is 1. The molecule has 1 aliphatic rings. The number of hydrogen-bond donors (Lipinski definition) is 1. The first-order chi connectivity index (χ1) is 13.2. The largest absolute Gasteiger partial charge is 0.496 e. The predicted molar refractivity (Wildman–Crippen MR) is 110 cm³/mol. The number of nitrogens with zero attached hydrogens (tertiary/aromatic N) is 2. The lowest BCUT2D eigenvalue weighted by Gasteiger charge is -2.29. The zero-order valence-electron chi connectivity index (χ0n) is 16.6. The van der Waals surface area contributed by atoms with Crippen molar-refractivity contribution in [1.82, 2.24) is 9.80 Å². The van der Waals surface area contributed by atoms with E-state index in [0.29, 0.717) is 12.6 Å². The Bertz CT molecular complexity index is 692. The van der Waals surface area contributed by atoms with Crippen LogP contribution in [0.2, 0.25) is 0 Å². The van der Waals surface area contributed by atoms with E-state index >= 15 is 0 Å². The van der Waals surface area contributed by atoms with Crippen molar-refractivity contribution in [3.8, 4) is 5.75 Å². The van der Waals surface area contributed by atoms with Gasteiger partial charge in [0, 0.05) is 25.7 Å². The lowest BCUT2D eigenvalue weighted by Crippen LogP contribution is -2.41. The van der Waals surface area contributed by atoms with E-state index in [0.717, 1.165) is 31.8 Å². The molecule has 146 valence electrons. The third kappa shape index (κ3) is 5.80. The molecule has 1 saturated heterocycles. The van der Waals surface area contributed by atoms with E-state index in [-0.39, 0.29) is 6.10 Å². The maximum Gasteiger partial charge on any atom is 0.122 e. The summed E-state index contributed by atoms with van der Waals surface area (Å²) in [6.45, 7) is 3.35. The lowest BCUT2D eigenvalue weighted by atomic mass is 10.0. The second kappa shape index (κ2) is 9.88. The highest BCUT2D eigenvalue weighted by Gasteiger charge is 2.27. The number of β-amino-alcohol motifs (C(OH)–C–C–N with tert-alkyl or cyclic N) is 1. The van der Waals surface area contributed by atoms with E-state index in [2.05, 4.69) is 53.2 Å². The van der Waals surface area contributed by atoms with Gasteiger partial charge in [-0.25, -0.2) is 0 Å². The molecule has 0 amide bonds. The highest BCUT2D eigenvalue weighted by atomic mass is 16.5. The zero-order chi connectivity index (χ0) is 19.1. The number of likely N-dealkylation sites (tertiary alicyclic amines) is 1. The molecule has 2 atom stereocenters. The average molecular weight is 369 g/mol. The van der Waals surface area contributed by atoms with Crippen LogP contribution in [0.1, 0.15) is 24.0 Å². The van der Waals surface area contributed by atoms with Crippen LogP contribution < -0.4 is 4.74 Å². The van der Waals surface area contributed by atoms with Crippen molar-refractivity contribution >= 4 is 0 Å². The highest BCUT2D eigenvalue weighted by Crippen LogP contribution is 2.26. The second-order valence-corrected chi connectivity index (χ2v) is 7.64. The fourth-order valence-corrected chi connectivity index (χ4v) is 4.14. The molecular formula is C23H32N2O2. The normalized spacial score (nSPS) is 18.7. The van der Waals surface area contributed by atoms with E-state index in [4.69, 9.17) is 4.74 Å². The third-order valence-electron chi connectivity index (χ3n) is 5.41. The molecule has 1 fully saturated rings. The minimum atomic E-state index is -0.336. The molecule has 4 heteroatoms. The molecule has 27 heavy (non-hydrogen) atoms. The molecule has 1 heterocycles. The minimum absolute atomic E-state index is 0.336. The fraction of sp³-hybridized carbons (Fsp3) is 0.478. The van der Waals surface area contributed by atoms with Gasteiger partial charge in [-0.3, -0.25) is 9.80 Å². The fourth-order valence-electron chi connectivity index (χ4n) is 4.14. The molecule has 2 unspecified atom stereocenters. The molecule has 3 rings (SSSR count). The van der Waals surface area contributed by atoms with Crippen LogP contribution in [-0.4, -0.2) is 60.8 Å². The van der Waals surface area contributed by atoms with Gasteiger partial charge in [0.2, 0.25) is 0 Å². The number of methoxy groups -OCH3 is 1. The van der Waals surface area contributed by atoms with Crippen molar-refractivity contribution in [3.63, 3.8) is 0 Å². The first kappa shape index (κ1) is 19.9. The third-order valence-corrected chi connectivity index (χ3v) is 5.41. The van der Waals surface area contributed by atoms with Crippen LogP contribution in [-0.2, 0) is 13.0 Å². The van der Waals surface area contributed by atoms with Crippen molar-refractivity contribution in [2.45, 2.75) is 38.0 Å². The molecule has 2 aromatic rings. The van der Waals surface area contributed by atoms with Gasteiger partial charge in [0.15, 0.2) is 0 Å². The second-order valence-electron chi connectivity index (χ2n) is 7.64. The van der Waals surface area contributed by atoms with Crippen LogP contribution in [0.3, 0.4) is 0 Å². The van der Waals surface area contributed by atoms with Crippen molar-refractivity contribution in [2.75, 3.05) is 33.8 Å². The first-order valence-corrected chi connectivity index (χ1v) is 9.92. The SMILES string of the molecule is COc1ccccc1CC1CCCN1CC(O)CN(C)Cc1ccccc1. The number of ether oxygens (including phenoxy) is 1. The quantitative estimate of drug-likeness (QED) is 0.737. The summed E-state index contributed by atoms with van der Waals surface area (Å²) < 4.78 is 5.51. The summed E-state index contributed by atoms with van der Waals surface area (Å²) in [6.07, 6.45) is 3.03. The predicted octanol–water partition coefficient (Wildman–Crippen LogP) is 3.20. The zero-order valence-corrected chi connectivity index (χ0v) is 16.6. The summed E-state index contributed by atoms with van der Waals surface area (Å²) in [5, 5.41) is 10.6. The van der Waals surface area contributed by atoms with Gasteiger partial charge in [0.25, 0.3) is 0 Å². The van der Waals surface area contributed by atoms with Gasteiger partial charge in [-0.2, -0.15) is 0 Å². The Kier molecular flexibility index (Phi) is 7.27. The molecule has 1 N–H and O–H groups in total. The summed E-state index contributed by atoms with van der Waals surface area (Å²) in [7, 11) is 3.81. The molecule has 2 aromatic carbocycles. The van der Waals surface area contributed by atoms with Crippen LogP contribution in [0.5, 0.6) is 5.75 Å². The maximum absolute atomic E-state index is 10.6. The molecule has 0 radical (unpaired) electrons. The summed E-state index contributed by atoms with van der Waals surface area (Å²) in [6, 6.07) is 19.2. The van der Waals surface area contributed by atoms with Gasteiger partial charge < -0.3 is 9.84 Å². The molecule has 0 bridgehead atoms. The van der Waals surface area contributed by atoms with E-state index in [1.54, 1.807) is 7.11 Å². The van der Waals surface area contributed by atoms with E-state index in [9.17, 15) is 5.11 Å². The molecular weight excluding hydrogens is 336 g/mol. The Balaban J connectivity index is 1.51. The van der Waals surface area contributed by atoms with Crippen LogP contribution in [0.4, 0.5) is 0 Å². The van der Waals surface area contributed by atoms with Crippen molar-refractivity contribution < 1.29 is 9.84 Å². The number of benzene rings is 2. The van der Waals surface area contributed by atoms with Crippen LogP contribution >= 0.6 is 0 Å². The Hall–Kier alpha value is -1.88. The summed E-state index contributed by atoms with van der Waals surface area (Å²) in [4.78, 5) is 4.65. The molecule has 1 aliphatic heterocycles. The standard InChI is InChI=1S/C23H32N2O2/c1-24(16-19-9-4-3-5-10-19)17-22(26)18-25-14-8-12-21(25)15-20-11-6-7-13-23(20)27-2/h3-7,9-11,13,21-22,26H,8,12,14-18H2,1-2H3. The van der Waals surface area contributed by atoms with Gasteiger partial charge >= 0.3 is 0 Å². The smallest absolute Gasteiger partial charge is 0.122 e. The van der Waals surface area contributed by atoms with Crippen LogP contribution in [0.15, 0.2) is 54.6 Å². The van der Waals surface area contributed by atoms with Crippen molar-refractivity contribution in [2.24, 2.45) is 0 Å².